The number of nitrogens with zero attached hydrogens (tertiary/aromatic N) is 3. The number of anilines is 1. The number of aliphatic hydroxyl groups excluding tert-OH is 1. The number of aliphatic hydroxyl groups is 1. The summed E-state index contributed by atoms with van der Waals surface area (Å²) in [5, 5.41) is 21.2. The van der Waals surface area contributed by atoms with Crippen LogP contribution in [0.2, 0.25) is 5.02 Å². The van der Waals surface area contributed by atoms with Crippen molar-refractivity contribution < 1.29 is 33.4 Å². The molecule has 65 heavy (non-hydrogen) atoms. The topological polar surface area (TPSA) is 155 Å². The molecular weight excluding hydrogens is 867 g/mol. The normalized spacial score (nSPS) is 19.8. The number of aryl methyl sites for hydroxylation is 1. The molecule has 2 fully saturated rings. The fraction of sp³-hybridized carbons (Fsp3) is 0.460. The van der Waals surface area contributed by atoms with Crippen molar-refractivity contribution in [1.82, 2.24) is 25.5 Å². The number of carbonyl (C=O) groups excluding carboxylic acids is 3. The van der Waals surface area contributed by atoms with E-state index in [9.17, 15) is 23.9 Å². The van der Waals surface area contributed by atoms with Crippen molar-refractivity contribution in [3.8, 4) is 16.2 Å². The summed E-state index contributed by atoms with van der Waals surface area (Å²) in [7, 11) is 0. The predicted molar refractivity (Wildman–Crippen MR) is 253 cm³/mol. The zero-order valence-corrected chi connectivity index (χ0v) is 39.3. The molecule has 3 aromatic carbocycles. The lowest BCUT2D eigenvalue weighted by molar-refractivity contribution is -0.142. The Labute approximate surface area is 389 Å². The van der Waals surface area contributed by atoms with Crippen molar-refractivity contribution in [1.29, 1.82) is 0 Å². The standard InChI is InChI=1S/C50H60ClFN6O6S/c1-30(33-10-12-34(13-11-33)39-18-19-53-42-17-14-36(52)24-40(39)42)47(60)57-37-15-16-41(51)44(25-37)64-23-22-63-21-20-54-46(50(3,4)5)49(62)58-28-38(59)26-43(58)48(61)55-27-32-6-8-35(9-7-32)45-31(2)56-29-65-45/h6-9,14-19,24-25,29-30,33-34,38,43,46,54,59H,10-13,20-23,26-28H2,1-5H3,(H,55,61)(H,57,60)/t30-,33?,34?,38-,43-,46+/m1/s1. The smallest absolute Gasteiger partial charge is 0.243 e. The number of benzene rings is 3. The van der Waals surface area contributed by atoms with Crippen LogP contribution in [0, 0.1) is 30.0 Å². The lowest BCUT2D eigenvalue weighted by atomic mass is 9.73. The number of thiazole rings is 1. The molecule has 346 valence electrons. The number of halogens is 2. The third kappa shape index (κ3) is 12.1. The van der Waals surface area contributed by atoms with Crippen molar-refractivity contribution in [3.63, 3.8) is 0 Å². The Balaban J connectivity index is 0.831. The number of aromatic nitrogens is 2. The van der Waals surface area contributed by atoms with Crippen LogP contribution in [-0.2, 0) is 25.7 Å². The number of pyridine rings is 1. The zero-order valence-electron chi connectivity index (χ0n) is 37.7. The van der Waals surface area contributed by atoms with Gasteiger partial charge in [0.1, 0.15) is 24.2 Å². The molecule has 3 heterocycles. The van der Waals surface area contributed by atoms with E-state index in [0.717, 1.165) is 63.8 Å². The summed E-state index contributed by atoms with van der Waals surface area (Å²) in [5.74, 6) is -0.164. The number of rotatable bonds is 17. The summed E-state index contributed by atoms with van der Waals surface area (Å²) in [6, 6.07) is 18.4. The van der Waals surface area contributed by atoms with Gasteiger partial charge in [0, 0.05) is 55.3 Å². The average molecular weight is 928 g/mol. The third-order valence-corrected chi connectivity index (χ3v) is 14.0. The average Bonchev–Trinajstić information content (AvgIpc) is 3.91. The largest absolute Gasteiger partial charge is 0.490 e. The van der Waals surface area contributed by atoms with E-state index < -0.39 is 23.6 Å². The van der Waals surface area contributed by atoms with E-state index in [2.05, 4.69) is 25.9 Å². The number of β-amino-alcohol motifs (C(OH)–C–C–N with tert-alkyl or cyclic N) is 1. The van der Waals surface area contributed by atoms with Gasteiger partial charge < -0.3 is 35.4 Å². The van der Waals surface area contributed by atoms with E-state index in [1.807, 2.05) is 70.5 Å². The quantitative estimate of drug-likeness (QED) is 0.0671. The van der Waals surface area contributed by atoms with Crippen LogP contribution in [0.15, 0.2) is 78.4 Å². The first-order valence-electron chi connectivity index (χ1n) is 22.5. The highest BCUT2D eigenvalue weighted by molar-refractivity contribution is 7.13. The molecule has 15 heteroatoms. The second kappa shape index (κ2) is 21.5. The molecule has 3 amide bonds. The number of hydrogen-bond donors (Lipinski definition) is 4. The molecule has 4 atom stereocenters. The Morgan fingerprint density at radius 3 is 2.48 bits per heavy atom. The number of hydrogen-bond acceptors (Lipinski definition) is 10. The van der Waals surface area contributed by atoms with Gasteiger partial charge in [-0.05, 0) is 103 Å². The van der Waals surface area contributed by atoms with E-state index >= 15 is 0 Å². The highest BCUT2D eigenvalue weighted by Gasteiger charge is 2.43. The van der Waals surface area contributed by atoms with Crippen LogP contribution in [-0.4, -0.2) is 88.8 Å². The van der Waals surface area contributed by atoms with Crippen LogP contribution < -0.4 is 20.7 Å². The van der Waals surface area contributed by atoms with Gasteiger partial charge in [0.15, 0.2) is 0 Å². The molecule has 1 aliphatic heterocycles. The maximum absolute atomic E-state index is 14.1. The van der Waals surface area contributed by atoms with Crippen LogP contribution in [0.25, 0.3) is 21.3 Å². The molecule has 0 radical (unpaired) electrons. The Hall–Kier alpha value is -4.99. The van der Waals surface area contributed by atoms with E-state index in [1.165, 1.54) is 11.0 Å². The minimum atomic E-state index is -0.805. The molecule has 0 bridgehead atoms. The third-order valence-electron chi connectivity index (χ3n) is 12.8. The number of ether oxygens (including phenoxy) is 2. The zero-order chi connectivity index (χ0) is 46.3. The van der Waals surface area contributed by atoms with Gasteiger partial charge in [0.25, 0.3) is 0 Å². The number of carbonyl (C=O) groups is 3. The van der Waals surface area contributed by atoms with E-state index in [1.54, 1.807) is 47.9 Å². The minimum Gasteiger partial charge on any atom is -0.490 e. The number of nitrogens with one attached hydrogen (secondary N) is 3. The van der Waals surface area contributed by atoms with Gasteiger partial charge in [-0.2, -0.15) is 0 Å². The van der Waals surface area contributed by atoms with Crippen molar-refractivity contribution in [3.05, 3.63) is 106 Å². The maximum atomic E-state index is 14.1. The highest BCUT2D eigenvalue weighted by Crippen LogP contribution is 2.41. The second-order valence-electron chi connectivity index (χ2n) is 18.4. The fourth-order valence-corrected chi connectivity index (χ4v) is 10.1. The first kappa shape index (κ1) is 48.0. The summed E-state index contributed by atoms with van der Waals surface area (Å²) in [4.78, 5) is 52.3. The van der Waals surface area contributed by atoms with Crippen LogP contribution in [0.4, 0.5) is 10.1 Å². The monoisotopic (exact) mass is 926 g/mol. The molecule has 0 unspecified atom stereocenters. The van der Waals surface area contributed by atoms with Crippen LogP contribution in [0.3, 0.4) is 0 Å². The van der Waals surface area contributed by atoms with Crippen molar-refractivity contribution in [2.24, 2.45) is 17.3 Å². The Morgan fingerprint density at radius 1 is 0.985 bits per heavy atom. The summed E-state index contributed by atoms with van der Waals surface area (Å²) in [6.45, 7) is 11.3. The van der Waals surface area contributed by atoms with E-state index in [4.69, 9.17) is 21.1 Å². The summed E-state index contributed by atoms with van der Waals surface area (Å²) in [6.07, 6.45) is 4.77. The van der Waals surface area contributed by atoms with Gasteiger partial charge in [0.05, 0.1) is 52.0 Å². The second-order valence-corrected chi connectivity index (χ2v) is 19.6. The molecule has 1 saturated carbocycles. The molecule has 2 aliphatic rings. The lowest BCUT2D eigenvalue weighted by Crippen LogP contribution is -2.57. The Kier molecular flexibility index (Phi) is 15.9. The molecule has 1 aliphatic carbocycles. The van der Waals surface area contributed by atoms with Crippen molar-refractivity contribution >= 4 is 57.2 Å². The molecule has 7 rings (SSSR count). The van der Waals surface area contributed by atoms with Crippen LogP contribution >= 0.6 is 22.9 Å². The van der Waals surface area contributed by atoms with Gasteiger partial charge in [-0.1, -0.05) is 63.6 Å². The van der Waals surface area contributed by atoms with Gasteiger partial charge in [-0.25, -0.2) is 9.37 Å². The molecule has 4 N–H and O–H groups in total. The molecule has 12 nitrogen and oxygen atoms in total. The lowest BCUT2D eigenvalue weighted by Gasteiger charge is -2.35. The molecule has 1 saturated heterocycles. The molecule has 2 aromatic heterocycles. The molecular formula is C50H60ClFN6O6S. The van der Waals surface area contributed by atoms with E-state index in [-0.39, 0.29) is 61.6 Å². The van der Waals surface area contributed by atoms with Crippen molar-refractivity contribution in [2.45, 2.75) is 97.4 Å². The number of likely N-dealkylation sites (tertiary alicyclic amines) is 1. The summed E-state index contributed by atoms with van der Waals surface area (Å²) < 4.78 is 25.9. The van der Waals surface area contributed by atoms with Crippen LogP contribution in [0.1, 0.15) is 82.5 Å². The predicted octanol–water partition coefficient (Wildman–Crippen LogP) is 8.69. The Bertz CT molecular complexity index is 2440. The fourth-order valence-electron chi connectivity index (χ4n) is 9.07. The summed E-state index contributed by atoms with van der Waals surface area (Å²) in [5.41, 5.74) is 6.79. The molecule has 5 aromatic rings. The SMILES string of the molecule is Cc1ncsc1-c1ccc(CNC(=O)[C@H]2C[C@@H](O)CN2C(=O)[C@H](NCCOCCOc2cc(NC(=O)[C@H](C)C3CCC(c4ccnc5ccc(F)cc45)CC3)ccc2Cl)C(C)(C)C)cc1. The molecule has 0 spiro atoms. The van der Waals surface area contributed by atoms with Crippen LogP contribution in [0.5, 0.6) is 5.75 Å². The van der Waals surface area contributed by atoms with E-state index in [0.29, 0.717) is 42.1 Å². The first-order chi connectivity index (χ1) is 31.2. The summed E-state index contributed by atoms with van der Waals surface area (Å²) >= 11 is 8.05. The van der Waals surface area contributed by atoms with Gasteiger partial charge >= 0.3 is 0 Å². The Morgan fingerprint density at radius 2 is 1.75 bits per heavy atom. The van der Waals surface area contributed by atoms with Gasteiger partial charge in [-0.3, -0.25) is 19.4 Å². The number of amides is 3. The highest BCUT2D eigenvalue weighted by atomic mass is 35.5. The van der Waals surface area contributed by atoms with Crippen molar-refractivity contribution in [2.75, 3.05) is 38.2 Å². The maximum Gasteiger partial charge on any atom is 0.243 e. The minimum absolute atomic E-state index is 0.0685. The van der Waals surface area contributed by atoms with Gasteiger partial charge in [0.2, 0.25) is 17.7 Å². The first-order valence-corrected chi connectivity index (χ1v) is 23.8. The number of fused-ring (bicyclic) bond motifs is 1. The van der Waals surface area contributed by atoms with Gasteiger partial charge in [-0.15, -0.1) is 11.3 Å².